The molecule has 0 saturated heterocycles. The first kappa shape index (κ1) is 11.0. The Labute approximate surface area is 88.6 Å². The second kappa shape index (κ2) is 5.63. The highest BCUT2D eigenvalue weighted by atomic mass is 79.9. The predicted octanol–water partition coefficient (Wildman–Crippen LogP) is 2.32. The fourth-order valence-electron chi connectivity index (χ4n) is 2.02. The highest BCUT2D eigenvalue weighted by molar-refractivity contribution is 9.09. The molecule has 0 aromatic heterocycles. The number of carbonyl (C=O) groups is 1. The van der Waals surface area contributed by atoms with E-state index in [0.717, 1.165) is 17.8 Å². The molecule has 2 atom stereocenters. The third kappa shape index (κ3) is 4.12. The zero-order valence-electron chi connectivity index (χ0n) is 8.18. The van der Waals surface area contributed by atoms with Crippen LogP contribution in [-0.2, 0) is 4.79 Å². The van der Waals surface area contributed by atoms with Gasteiger partial charge in [-0.3, -0.25) is 4.79 Å². The molecule has 1 saturated carbocycles. The number of hydrogen-bond acceptors (Lipinski definition) is 1. The second-order valence-corrected chi connectivity index (χ2v) is 4.64. The Morgan fingerprint density at radius 2 is 2.15 bits per heavy atom. The number of hydrogen-bond donors (Lipinski definition) is 1. The number of rotatable bonds is 3. The van der Waals surface area contributed by atoms with Crippen molar-refractivity contribution in [2.24, 2.45) is 11.8 Å². The van der Waals surface area contributed by atoms with E-state index in [2.05, 4.69) is 21.2 Å². The van der Waals surface area contributed by atoms with Crippen molar-refractivity contribution in [3.8, 4) is 0 Å². The van der Waals surface area contributed by atoms with Gasteiger partial charge in [-0.25, -0.2) is 0 Å². The van der Waals surface area contributed by atoms with Crippen LogP contribution in [0.25, 0.3) is 0 Å². The van der Waals surface area contributed by atoms with Gasteiger partial charge in [0.2, 0.25) is 5.91 Å². The minimum absolute atomic E-state index is 0.0981. The number of alkyl halides is 1. The second-order valence-electron chi connectivity index (χ2n) is 3.99. The maximum absolute atomic E-state index is 10.7. The highest BCUT2D eigenvalue weighted by Gasteiger charge is 2.20. The standard InChI is InChI=1S/C10H18BrNO/c1-8(13)12-7-10-4-2-3-9(5-10)6-11/h9-10H,2-7H2,1H3,(H,12,13). The van der Waals surface area contributed by atoms with Crippen molar-refractivity contribution in [1.82, 2.24) is 5.32 Å². The van der Waals surface area contributed by atoms with Crippen LogP contribution in [-0.4, -0.2) is 17.8 Å². The Kier molecular flexibility index (Phi) is 4.78. The monoisotopic (exact) mass is 247 g/mol. The third-order valence-electron chi connectivity index (χ3n) is 2.75. The minimum atomic E-state index is 0.0981. The van der Waals surface area contributed by atoms with Crippen molar-refractivity contribution in [2.45, 2.75) is 32.6 Å². The molecular weight excluding hydrogens is 230 g/mol. The summed E-state index contributed by atoms with van der Waals surface area (Å²) in [5.41, 5.74) is 0. The van der Waals surface area contributed by atoms with Crippen LogP contribution in [0, 0.1) is 11.8 Å². The molecule has 3 heteroatoms. The molecule has 1 rings (SSSR count). The van der Waals surface area contributed by atoms with Crippen molar-refractivity contribution in [1.29, 1.82) is 0 Å². The molecule has 0 aromatic carbocycles. The summed E-state index contributed by atoms with van der Waals surface area (Å²) in [5.74, 6) is 1.63. The molecule has 0 aliphatic heterocycles. The zero-order valence-corrected chi connectivity index (χ0v) is 9.77. The molecule has 2 nitrogen and oxygen atoms in total. The summed E-state index contributed by atoms with van der Waals surface area (Å²) in [7, 11) is 0. The summed E-state index contributed by atoms with van der Waals surface area (Å²) < 4.78 is 0. The van der Waals surface area contributed by atoms with E-state index in [1.165, 1.54) is 25.7 Å². The topological polar surface area (TPSA) is 29.1 Å². The molecule has 1 aliphatic carbocycles. The van der Waals surface area contributed by atoms with E-state index in [4.69, 9.17) is 0 Å². The molecule has 0 spiro atoms. The molecule has 13 heavy (non-hydrogen) atoms. The molecule has 1 aliphatic rings. The number of amides is 1. The minimum Gasteiger partial charge on any atom is -0.356 e. The normalized spacial score (nSPS) is 28.5. The maximum Gasteiger partial charge on any atom is 0.216 e. The van der Waals surface area contributed by atoms with Gasteiger partial charge in [0.05, 0.1) is 0 Å². The maximum atomic E-state index is 10.7. The smallest absolute Gasteiger partial charge is 0.216 e. The third-order valence-corrected chi connectivity index (χ3v) is 3.66. The van der Waals surface area contributed by atoms with Gasteiger partial charge in [0.1, 0.15) is 0 Å². The molecule has 1 fully saturated rings. The first-order valence-electron chi connectivity index (χ1n) is 5.02. The summed E-state index contributed by atoms with van der Waals surface area (Å²) in [4.78, 5) is 10.7. The Bertz CT molecular complexity index is 172. The van der Waals surface area contributed by atoms with Gasteiger partial charge in [-0.15, -0.1) is 0 Å². The van der Waals surface area contributed by atoms with Crippen LogP contribution in [0.2, 0.25) is 0 Å². The first-order valence-corrected chi connectivity index (χ1v) is 6.15. The first-order chi connectivity index (χ1) is 6.22. The van der Waals surface area contributed by atoms with Crippen LogP contribution >= 0.6 is 15.9 Å². The van der Waals surface area contributed by atoms with Gasteiger partial charge in [-0.2, -0.15) is 0 Å². The van der Waals surface area contributed by atoms with Gasteiger partial charge >= 0.3 is 0 Å². The van der Waals surface area contributed by atoms with Crippen molar-refractivity contribution in [2.75, 3.05) is 11.9 Å². The Balaban J connectivity index is 2.21. The van der Waals surface area contributed by atoms with E-state index >= 15 is 0 Å². The molecule has 0 heterocycles. The molecular formula is C10H18BrNO. The molecule has 1 amide bonds. The number of nitrogens with one attached hydrogen (secondary N) is 1. The average molecular weight is 248 g/mol. The van der Waals surface area contributed by atoms with E-state index in [-0.39, 0.29) is 5.91 Å². The molecule has 2 unspecified atom stereocenters. The van der Waals surface area contributed by atoms with E-state index < -0.39 is 0 Å². The van der Waals surface area contributed by atoms with Crippen molar-refractivity contribution in [3.63, 3.8) is 0 Å². The van der Waals surface area contributed by atoms with E-state index in [1.807, 2.05) is 0 Å². The van der Waals surface area contributed by atoms with Crippen molar-refractivity contribution < 1.29 is 4.79 Å². The largest absolute Gasteiger partial charge is 0.356 e. The van der Waals surface area contributed by atoms with Crippen molar-refractivity contribution in [3.05, 3.63) is 0 Å². The SMILES string of the molecule is CC(=O)NCC1CCCC(CBr)C1. The molecule has 0 aromatic rings. The summed E-state index contributed by atoms with van der Waals surface area (Å²) in [6, 6.07) is 0. The lowest BCUT2D eigenvalue weighted by Crippen LogP contribution is -2.30. The fourth-order valence-corrected chi connectivity index (χ4v) is 2.60. The lowest BCUT2D eigenvalue weighted by atomic mass is 9.82. The number of halogens is 1. The van der Waals surface area contributed by atoms with Crippen LogP contribution in [0.5, 0.6) is 0 Å². The van der Waals surface area contributed by atoms with Crippen LogP contribution in [0.15, 0.2) is 0 Å². The fraction of sp³-hybridized carbons (Fsp3) is 0.900. The lowest BCUT2D eigenvalue weighted by Gasteiger charge is -2.27. The summed E-state index contributed by atoms with van der Waals surface area (Å²) >= 11 is 3.53. The van der Waals surface area contributed by atoms with E-state index in [0.29, 0.717) is 5.92 Å². The van der Waals surface area contributed by atoms with Gasteiger partial charge in [0, 0.05) is 18.8 Å². The Hall–Kier alpha value is -0.0500. The van der Waals surface area contributed by atoms with Crippen LogP contribution in [0.3, 0.4) is 0 Å². The van der Waals surface area contributed by atoms with Gasteiger partial charge in [0.15, 0.2) is 0 Å². The molecule has 1 N–H and O–H groups in total. The predicted molar refractivity (Wildman–Crippen MR) is 57.9 cm³/mol. The average Bonchev–Trinajstić information content (AvgIpc) is 2.15. The van der Waals surface area contributed by atoms with Crippen LogP contribution in [0.4, 0.5) is 0 Å². The number of carbonyl (C=O) groups excluding carboxylic acids is 1. The Morgan fingerprint density at radius 3 is 2.77 bits per heavy atom. The van der Waals surface area contributed by atoms with E-state index in [1.54, 1.807) is 6.92 Å². The summed E-state index contributed by atoms with van der Waals surface area (Å²) in [5, 5.41) is 4.02. The quantitative estimate of drug-likeness (QED) is 0.763. The van der Waals surface area contributed by atoms with Gasteiger partial charge < -0.3 is 5.32 Å². The van der Waals surface area contributed by atoms with Crippen LogP contribution in [0.1, 0.15) is 32.6 Å². The van der Waals surface area contributed by atoms with Crippen molar-refractivity contribution >= 4 is 21.8 Å². The molecule has 76 valence electrons. The highest BCUT2D eigenvalue weighted by Crippen LogP contribution is 2.29. The Morgan fingerprint density at radius 1 is 1.46 bits per heavy atom. The van der Waals surface area contributed by atoms with Crippen LogP contribution < -0.4 is 5.32 Å². The van der Waals surface area contributed by atoms with E-state index in [9.17, 15) is 4.79 Å². The zero-order chi connectivity index (χ0) is 9.68. The summed E-state index contributed by atoms with van der Waals surface area (Å²) in [6.45, 7) is 2.46. The molecule has 0 bridgehead atoms. The molecule has 0 radical (unpaired) electrons. The van der Waals surface area contributed by atoms with Gasteiger partial charge in [0.25, 0.3) is 0 Å². The van der Waals surface area contributed by atoms with Gasteiger partial charge in [-0.1, -0.05) is 22.4 Å². The van der Waals surface area contributed by atoms with Gasteiger partial charge in [-0.05, 0) is 31.1 Å². The summed E-state index contributed by atoms with van der Waals surface area (Å²) in [6.07, 6.45) is 5.22. The lowest BCUT2D eigenvalue weighted by molar-refractivity contribution is -0.119.